The number of aromatic nitrogens is 1. The topological polar surface area (TPSA) is 59.1 Å². The Balaban J connectivity index is 2.18. The first-order valence-corrected chi connectivity index (χ1v) is 8.42. The van der Waals surface area contributed by atoms with Gasteiger partial charge in [0.1, 0.15) is 10.8 Å². The lowest BCUT2D eigenvalue weighted by molar-refractivity contribution is 0.595. The summed E-state index contributed by atoms with van der Waals surface area (Å²) in [7, 11) is -1.47. The quantitative estimate of drug-likeness (QED) is 0.918. The summed E-state index contributed by atoms with van der Waals surface area (Å²) in [6.45, 7) is 2.59. The lowest BCUT2D eigenvalue weighted by atomic mass is 10.2. The molecule has 0 amide bonds. The summed E-state index contributed by atoms with van der Waals surface area (Å²) in [6.07, 6.45) is 0. The average molecular weight is 296 g/mol. The van der Waals surface area contributed by atoms with Crippen molar-refractivity contribution in [1.29, 1.82) is 0 Å². The highest BCUT2D eigenvalue weighted by Gasteiger charge is 2.17. The Morgan fingerprint density at radius 2 is 1.95 bits per heavy atom. The molecule has 19 heavy (non-hydrogen) atoms. The van der Waals surface area contributed by atoms with E-state index in [1.54, 1.807) is 24.3 Å². The van der Waals surface area contributed by atoms with Gasteiger partial charge in [-0.25, -0.2) is 13.4 Å². The molecular formula is C13H16N2O2S2. The van der Waals surface area contributed by atoms with Crippen molar-refractivity contribution in [2.45, 2.75) is 24.1 Å². The fourth-order valence-corrected chi connectivity index (χ4v) is 4.09. The third kappa shape index (κ3) is 3.62. The first kappa shape index (κ1) is 14.2. The van der Waals surface area contributed by atoms with Gasteiger partial charge in [-0.3, -0.25) is 0 Å². The number of nitrogens with one attached hydrogen (secondary N) is 1. The van der Waals surface area contributed by atoms with E-state index in [0.29, 0.717) is 16.4 Å². The summed E-state index contributed by atoms with van der Waals surface area (Å²) in [4.78, 5) is 4.66. The van der Waals surface area contributed by atoms with Crippen LogP contribution in [0.1, 0.15) is 16.3 Å². The maximum absolute atomic E-state index is 12.2. The van der Waals surface area contributed by atoms with Crippen LogP contribution < -0.4 is 5.32 Å². The van der Waals surface area contributed by atoms with Gasteiger partial charge in [0, 0.05) is 11.9 Å². The highest BCUT2D eigenvalue weighted by atomic mass is 32.2. The van der Waals surface area contributed by atoms with Crippen LogP contribution in [-0.2, 0) is 22.1 Å². The van der Waals surface area contributed by atoms with Crippen LogP contribution in [0.25, 0.3) is 0 Å². The molecule has 0 atom stereocenters. The Bertz CT molecular complexity index is 646. The molecule has 0 fully saturated rings. The molecule has 0 aliphatic rings. The highest BCUT2D eigenvalue weighted by molar-refractivity contribution is 7.90. The summed E-state index contributed by atoms with van der Waals surface area (Å²) in [5.74, 6) is -0.0373. The van der Waals surface area contributed by atoms with Crippen molar-refractivity contribution in [3.8, 4) is 0 Å². The summed E-state index contributed by atoms with van der Waals surface area (Å²) in [5, 5.41) is 5.51. The fraction of sp³-hybridized carbons (Fsp3) is 0.308. The molecule has 0 unspecified atom stereocenters. The fourth-order valence-electron chi connectivity index (χ4n) is 1.67. The van der Waals surface area contributed by atoms with Crippen LogP contribution in [0, 0.1) is 6.92 Å². The predicted molar refractivity (Wildman–Crippen MR) is 76.9 cm³/mol. The standard InChI is InChI=1S/C13H16N2O2S2/c1-10-3-5-12(6-4-10)19(16,17)9-13-15-11(7-14-2)8-18-13/h3-6,8,14H,7,9H2,1-2H3. The van der Waals surface area contributed by atoms with Crippen LogP contribution in [0.15, 0.2) is 34.5 Å². The van der Waals surface area contributed by atoms with Gasteiger partial charge < -0.3 is 5.32 Å². The molecule has 0 radical (unpaired) electrons. The van der Waals surface area contributed by atoms with Crippen LogP contribution >= 0.6 is 11.3 Å². The van der Waals surface area contributed by atoms with Gasteiger partial charge in [0.25, 0.3) is 0 Å². The minimum absolute atomic E-state index is 0.0373. The zero-order valence-corrected chi connectivity index (χ0v) is 12.5. The van der Waals surface area contributed by atoms with E-state index in [4.69, 9.17) is 0 Å². The van der Waals surface area contributed by atoms with E-state index in [1.807, 2.05) is 19.4 Å². The number of aryl methyl sites for hydroxylation is 1. The second kappa shape index (κ2) is 5.81. The van der Waals surface area contributed by atoms with E-state index in [1.165, 1.54) is 11.3 Å². The summed E-state index contributed by atoms with van der Waals surface area (Å²) < 4.78 is 24.5. The van der Waals surface area contributed by atoms with E-state index in [9.17, 15) is 8.42 Å². The smallest absolute Gasteiger partial charge is 0.184 e. The van der Waals surface area contributed by atoms with Gasteiger partial charge in [0.15, 0.2) is 9.84 Å². The van der Waals surface area contributed by atoms with Crippen molar-refractivity contribution in [2.75, 3.05) is 7.05 Å². The first-order chi connectivity index (χ1) is 9.01. The van der Waals surface area contributed by atoms with Crippen molar-refractivity contribution in [2.24, 2.45) is 0 Å². The molecule has 0 aliphatic carbocycles. The monoisotopic (exact) mass is 296 g/mol. The Hall–Kier alpha value is -1.24. The molecule has 1 aromatic carbocycles. The third-order valence-corrected chi connectivity index (χ3v) is 5.38. The highest BCUT2D eigenvalue weighted by Crippen LogP contribution is 2.19. The molecule has 2 rings (SSSR count). The lowest BCUT2D eigenvalue weighted by Crippen LogP contribution is -2.07. The Morgan fingerprint density at radius 1 is 1.26 bits per heavy atom. The number of benzene rings is 1. The largest absolute Gasteiger partial charge is 0.314 e. The molecular weight excluding hydrogens is 280 g/mol. The van der Waals surface area contributed by atoms with E-state index in [-0.39, 0.29) is 5.75 Å². The van der Waals surface area contributed by atoms with Gasteiger partial charge in [0.05, 0.1) is 10.6 Å². The number of hydrogen-bond acceptors (Lipinski definition) is 5. The minimum atomic E-state index is -3.30. The van der Waals surface area contributed by atoms with Gasteiger partial charge in [0.2, 0.25) is 0 Å². The third-order valence-electron chi connectivity index (χ3n) is 2.65. The number of nitrogens with zero attached hydrogens (tertiary/aromatic N) is 1. The molecule has 2 aromatic rings. The molecule has 1 heterocycles. The maximum Gasteiger partial charge on any atom is 0.184 e. The van der Waals surface area contributed by atoms with Crippen LogP contribution in [0.3, 0.4) is 0 Å². The van der Waals surface area contributed by atoms with Gasteiger partial charge in [-0.1, -0.05) is 17.7 Å². The van der Waals surface area contributed by atoms with Crippen molar-refractivity contribution in [3.63, 3.8) is 0 Å². The molecule has 0 saturated heterocycles. The lowest BCUT2D eigenvalue weighted by Gasteiger charge is -2.02. The SMILES string of the molecule is CNCc1csc(CS(=O)(=O)c2ccc(C)cc2)n1. The Labute approximate surface area is 117 Å². The molecule has 1 N–H and O–H groups in total. The zero-order valence-electron chi connectivity index (χ0n) is 10.9. The van der Waals surface area contributed by atoms with Gasteiger partial charge in [-0.15, -0.1) is 11.3 Å². The molecule has 0 saturated carbocycles. The van der Waals surface area contributed by atoms with Gasteiger partial charge in [-0.2, -0.15) is 0 Å². The second-order valence-corrected chi connectivity index (χ2v) is 7.27. The normalized spacial score (nSPS) is 11.7. The van der Waals surface area contributed by atoms with E-state index in [0.717, 1.165) is 11.3 Å². The molecule has 102 valence electrons. The molecule has 0 bridgehead atoms. The zero-order chi connectivity index (χ0) is 13.9. The number of thiazole rings is 1. The van der Waals surface area contributed by atoms with Crippen LogP contribution in [0.4, 0.5) is 0 Å². The molecule has 0 aliphatic heterocycles. The molecule has 4 nitrogen and oxygen atoms in total. The van der Waals surface area contributed by atoms with Crippen LogP contribution in [-0.4, -0.2) is 20.4 Å². The predicted octanol–water partition coefficient (Wildman–Crippen LogP) is 2.14. The van der Waals surface area contributed by atoms with Crippen molar-refractivity contribution < 1.29 is 8.42 Å². The van der Waals surface area contributed by atoms with Crippen molar-refractivity contribution in [1.82, 2.24) is 10.3 Å². The van der Waals surface area contributed by atoms with Crippen LogP contribution in [0.5, 0.6) is 0 Å². The second-order valence-electron chi connectivity index (χ2n) is 4.34. The van der Waals surface area contributed by atoms with Crippen molar-refractivity contribution in [3.05, 3.63) is 45.9 Å². The summed E-state index contributed by atoms with van der Waals surface area (Å²) in [5.41, 5.74) is 1.92. The molecule has 0 spiro atoms. The van der Waals surface area contributed by atoms with Crippen molar-refractivity contribution >= 4 is 21.2 Å². The number of rotatable bonds is 5. The minimum Gasteiger partial charge on any atom is -0.314 e. The van der Waals surface area contributed by atoms with E-state index >= 15 is 0 Å². The maximum atomic E-state index is 12.2. The Morgan fingerprint density at radius 3 is 2.58 bits per heavy atom. The Kier molecular flexibility index (Phi) is 4.34. The van der Waals surface area contributed by atoms with Gasteiger partial charge >= 0.3 is 0 Å². The first-order valence-electron chi connectivity index (χ1n) is 5.88. The molecule has 6 heteroatoms. The average Bonchev–Trinajstić information content (AvgIpc) is 2.77. The molecule has 1 aromatic heterocycles. The van der Waals surface area contributed by atoms with E-state index in [2.05, 4.69) is 10.3 Å². The summed E-state index contributed by atoms with van der Waals surface area (Å²) in [6, 6.07) is 6.90. The van der Waals surface area contributed by atoms with Crippen LogP contribution in [0.2, 0.25) is 0 Å². The number of sulfone groups is 1. The van der Waals surface area contributed by atoms with E-state index < -0.39 is 9.84 Å². The van der Waals surface area contributed by atoms with Gasteiger partial charge in [-0.05, 0) is 26.1 Å². The summed E-state index contributed by atoms with van der Waals surface area (Å²) >= 11 is 1.38. The number of hydrogen-bond donors (Lipinski definition) is 1.